The van der Waals surface area contributed by atoms with Gasteiger partial charge in [0, 0.05) is 17.0 Å². The summed E-state index contributed by atoms with van der Waals surface area (Å²) >= 11 is 0. The molecule has 1 amide bonds. The summed E-state index contributed by atoms with van der Waals surface area (Å²) in [4.78, 5) is 34.0. The van der Waals surface area contributed by atoms with Gasteiger partial charge in [0.15, 0.2) is 0 Å². The third-order valence-electron chi connectivity index (χ3n) is 4.05. The first-order valence-corrected chi connectivity index (χ1v) is 7.83. The van der Waals surface area contributed by atoms with E-state index in [4.69, 9.17) is 10.5 Å². The van der Waals surface area contributed by atoms with E-state index in [0.29, 0.717) is 5.39 Å². The van der Waals surface area contributed by atoms with Crippen molar-refractivity contribution in [3.8, 4) is 5.75 Å². The van der Waals surface area contributed by atoms with Crippen LogP contribution >= 0.6 is 0 Å². The van der Waals surface area contributed by atoms with Gasteiger partial charge in [-0.05, 0) is 23.6 Å². The van der Waals surface area contributed by atoms with E-state index < -0.39 is 23.4 Å². The van der Waals surface area contributed by atoms with Crippen LogP contribution in [-0.4, -0.2) is 21.9 Å². The summed E-state index contributed by atoms with van der Waals surface area (Å²) in [5.41, 5.74) is 4.75. The molecule has 3 aromatic carbocycles. The van der Waals surface area contributed by atoms with Crippen molar-refractivity contribution >= 4 is 28.3 Å². The minimum atomic E-state index is -0.827. The molecule has 0 aromatic heterocycles. The number of nitrogens with two attached hydrogens (primary N) is 1. The molecular weight excluding hydrogens is 352 g/mol. The van der Waals surface area contributed by atoms with Crippen LogP contribution in [0.4, 0.5) is 5.69 Å². The number of carbonyl (C=O) groups is 2. The number of primary amides is 1. The van der Waals surface area contributed by atoms with Crippen molar-refractivity contribution in [1.82, 2.24) is 0 Å². The van der Waals surface area contributed by atoms with Gasteiger partial charge in [-0.15, -0.1) is 0 Å². The van der Waals surface area contributed by atoms with Crippen molar-refractivity contribution in [2.24, 2.45) is 5.73 Å². The molecule has 0 atom stereocenters. The molecule has 27 heavy (non-hydrogen) atoms. The van der Waals surface area contributed by atoms with Gasteiger partial charge in [-0.3, -0.25) is 14.9 Å². The summed E-state index contributed by atoms with van der Waals surface area (Å²) in [6.45, 7) is -0.402. The molecule has 0 aliphatic rings. The highest BCUT2D eigenvalue weighted by atomic mass is 16.6. The number of esters is 1. The Balaban J connectivity index is 1.85. The van der Waals surface area contributed by atoms with Crippen molar-refractivity contribution < 1.29 is 24.4 Å². The summed E-state index contributed by atoms with van der Waals surface area (Å²) in [7, 11) is 0. The SMILES string of the molecule is NC(=O)c1ccc(COC(=O)c2ccc3ccccc3c2O)c([N+](=O)[O-])c1. The first-order chi connectivity index (χ1) is 12.9. The molecule has 3 aromatic rings. The van der Waals surface area contributed by atoms with Crippen LogP contribution in [0.2, 0.25) is 0 Å². The number of phenols is 1. The molecule has 0 heterocycles. The zero-order chi connectivity index (χ0) is 19.6. The number of fused-ring (bicyclic) bond motifs is 1. The lowest BCUT2D eigenvalue weighted by Gasteiger charge is -2.09. The average molecular weight is 366 g/mol. The molecule has 0 aliphatic carbocycles. The van der Waals surface area contributed by atoms with E-state index in [-0.39, 0.29) is 28.1 Å². The molecule has 136 valence electrons. The quantitative estimate of drug-likeness (QED) is 0.405. The summed E-state index contributed by atoms with van der Waals surface area (Å²) < 4.78 is 5.12. The van der Waals surface area contributed by atoms with Crippen molar-refractivity contribution in [3.63, 3.8) is 0 Å². The predicted octanol–water partition coefficient (Wildman–Crippen LogP) is 2.91. The van der Waals surface area contributed by atoms with Crippen LogP contribution in [0, 0.1) is 10.1 Å². The molecule has 0 spiro atoms. The highest BCUT2D eigenvalue weighted by Crippen LogP contribution is 2.29. The number of rotatable bonds is 5. The fourth-order valence-corrected chi connectivity index (χ4v) is 2.65. The second-order valence-corrected chi connectivity index (χ2v) is 5.72. The van der Waals surface area contributed by atoms with Crippen LogP contribution in [0.1, 0.15) is 26.3 Å². The zero-order valence-electron chi connectivity index (χ0n) is 13.9. The molecule has 0 saturated carbocycles. The second kappa shape index (κ2) is 7.12. The Morgan fingerprint density at radius 3 is 2.56 bits per heavy atom. The Morgan fingerprint density at radius 2 is 1.85 bits per heavy atom. The van der Waals surface area contributed by atoms with Crippen LogP contribution in [0.25, 0.3) is 10.8 Å². The van der Waals surface area contributed by atoms with Crippen LogP contribution in [0.5, 0.6) is 5.75 Å². The lowest BCUT2D eigenvalue weighted by molar-refractivity contribution is -0.385. The molecule has 3 N–H and O–H groups in total. The van der Waals surface area contributed by atoms with Gasteiger partial charge in [0.1, 0.15) is 17.9 Å². The van der Waals surface area contributed by atoms with Gasteiger partial charge in [-0.25, -0.2) is 4.79 Å². The minimum Gasteiger partial charge on any atom is -0.506 e. The second-order valence-electron chi connectivity index (χ2n) is 5.72. The van der Waals surface area contributed by atoms with Gasteiger partial charge >= 0.3 is 5.97 Å². The summed E-state index contributed by atoms with van der Waals surface area (Å²) in [6, 6.07) is 13.7. The molecular formula is C19H14N2O6. The maximum Gasteiger partial charge on any atom is 0.342 e. The smallest absolute Gasteiger partial charge is 0.342 e. The van der Waals surface area contributed by atoms with E-state index in [2.05, 4.69) is 0 Å². The third kappa shape index (κ3) is 3.54. The Hall–Kier alpha value is -3.94. The Kier molecular flexibility index (Phi) is 4.71. The first-order valence-electron chi connectivity index (χ1n) is 7.83. The van der Waals surface area contributed by atoms with Gasteiger partial charge in [0.2, 0.25) is 5.91 Å². The fourth-order valence-electron chi connectivity index (χ4n) is 2.65. The lowest BCUT2D eigenvalue weighted by atomic mass is 10.1. The molecule has 0 bridgehead atoms. The first kappa shape index (κ1) is 17.9. The standard InChI is InChI=1S/C19H14N2O6/c20-18(23)12-5-6-13(16(9-12)21(25)26)10-27-19(24)15-8-7-11-3-1-2-4-14(11)17(15)22/h1-9,22H,10H2,(H2,20,23). The van der Waals surface area contributed by atoms with Crippen molar-refractivity contribution in [3.05, 3.63) is 81.4 Å². The van der Waals surface area contributed by atoms with Gasteiger partial charge in [-0.2, -0.15) is 0 Å². The number of nitro benzene ring substituents is 1. The maximum atomic E-state index is 12.3. The molecule has 8 nitrogen and oxygen atoms in total. The normalized spacial score (nSPS) is 10.5. The predicted molar refractivity (Wildman–Crippen MR) is 96.3 cm³/mol. The van der Waals surface area contributed by atoms with Crippen molar-refractivity contribution in [2.75, 3.05) is 0 Å². The molecule has 3 rings (SSSR count). The number of hydrogen-bond donors (Lipinski definition) is 2. The Labute approximate surface area is 152 Å². The zero-order valence-corrected chi connectivity index (χ0v) is 13.9. The Bertz CT molecular complexity index is 1080. The van der Waals surface area contributed by atoms with E-state index >= 15 is 0 Å². The van der Waals surface area contributed by atoms with Crippen molar-refractivity contribution in [2.45, 2.75) is 6.61 Å². The molecule has 0 radical (unpaired) electrons. The number of hydrogen-bond acceptors (Lipinski definition) is 6. The lowest BCUT2D eigenvalue weighted by Crippen LogP contribution is -2.12. The molecule has 8 heteroatoms. The number of aromatic hydroxyl groups is 1. The Morgan fingerprint density at radius 1 is 1.11 bits per heavy atom. The van der Waals surface area contributed by atoms with Gasteiger partial charge in [-0.1, -0.05) is 30.3 Å². The van der Waals surface area contributed by atoms with Gasteiger partial charge in [0.25, 0.3) is 5.69 Å². The number of ether oxygens (including phenoxy) is 1. The van der Waals surface area contributed by atoms with Crippen LogP contribution in [-0.2, 0) is 11.3 Å². The number of nitro groups is 1. The number of phenolic OH excluding ortho intramolecular Hbond substituents is 1. The van der Waals surface area contributed by atoms with E-state index in [1.165, 1.54) is 18.2 Å². The van der Waals surface area contributed by atoms with Crippen LogP contribution < -0.4 is 5.73 Å². The molecule has 0 saturated heterocycles. The summed E-state index contributed by atoms with van der Waals surface area (Å²) in [6.07, 6.45) is 0. The highest BCUT2D eigenvalue weighted by molar-refractivity contribution is 6.01. The van der Waals surface area contributed by atoms with Crippen molar-refractivity contribution in [1.29, 1.82) is 0 Å². The largest absolute Gasteiger partial charge is 0.506 e. The fraction of sp³-hybridized carbons (Fsp3) is 0.0526. The van der Waals surface area contributed by atoms with E-state index in [1.807, 2.05) is 0 Å². The summed E-state index contributed by atoms with van der Waals surface area (Å²) in [5.74, 6) is -1.86. The highest BCUT2D eigenvalue weighted by Gasteiger charge is 2.20. The number of nitrogens with zero attached hydrogens (tertiary/aromatic N) is 1. The maximum absolute atomic E-state index is 12.3. The van der Waals surface area contributed by atoms with Gasteiger partial charge < -0.3 is 15.6 Å². The number of carbonyl (C=O) groups excluding carboxylic acids is 2. The molecule has 0 fully saturated rings. The average Bonchev–Trinajstić information content (AvgIpc) is 2.66. The van der Waals surface area contributed by atoms with Crippen LogP contribution in [0.3, 0.4) is 0 Å². The number of amides is 1. The minimum absolute atomic E-state index is 0.0241. The van der Waals surface area contributed by atoms with E-state index in [0.717, 1.165) is 11.5 Å². The number of benzene rings is 3. The van der Waals surface area contributed by atoms with E-state index in [9.17, 15) is 24.8 Å². The monoisotopic (exact) mass is 366 g/mol. The van der Waals surface area contributed by atoms with Gasteiger partial charge in [0.05, 0.1) is 10.5 Å². The third-order valence-corrected chi connectivity index (χ3v) is 4.05. The van der Waals surface area contributed by atoms with E-state index in [1.54, 1.807) is 30.3 Å². The van der Waals surface area contributed by atoms with Crippen LogP contribution in [0.15, 0.2) is 54.6 Å². The topological polar surface area (TPSA) is 133 Å². The molecule has 0 aliphatic heterocycles. The molecule has 0 unspecified atom stereocenters. The summed E-state index contributed by atoms with van der Waals surface area (Å²) in [5, 5.41) is 22.7.